The summed E-state index contributed by atoms with van der Waals surface area (Å²) >= 11 is 0.614. The highest BCUT2D eigenvalue weighted by Crippen LogP contribution is 2.46. The van der Waals surface area contributed by atoms with Crippen molar-refractivity contribution in [2.45, 2.75) is 31.0 Å². The van der Waals surface area contributed by atoms with E-state index in [1.165, 1.54) is 5.38 Å². The van der Waals surface area contributed by atoms with Gasteiger partial charge in [-0.3, -0.25) is 4.90 Å². The van der Waals surface area contributed by atoms with Crippen molar-refractivity contribution in [3.8, 4) is 17.1 Å². The maximum Gasteiger partial charge on any atom is 0.443 e. The van der Waals surface area contributed by atoms with Crippen LogP contribution in [-0.2, 0) is 12.6 Å². The lowest BCUT2D eigenvalue weighted by Crippen LogP contribution is -2.61. The van der Waals surface area contributed by atoms with Gasteiger partial charge < -0.3 is 4.74 Å². The Kier molecular flexibility index (Phi) is 3.22. The van der Waals surface area contributed by atoms with Crippen molar-refractivity contribution in [1.82, 2.24) is 14.9 Å². The number of piperidine rings is 3. The lowest BCUT2D eigenvalue weighted by Gasteiger charge is -2.50. The Morgan fingerprint density at radius 1 is 1.28 bits per heavy atom. The fourth-order valence-corrected chi connectivity index (χ4v) is 5.08. The number of nitrogens with zero attached hydrogens (tertiary/aromatic N) is 3. The summed E-state index contributed by atoms with van der Waals surface area (Å²) in [6.07, 6.45) is 0.217. The van der Waals surface area contributed by atoms with Gasteiger partial charge in [-0.2, -0.15) is 13.2 Å². The first-order valence-corrected chi connectivity index (χ1v) is 9.24. The van der Waals surface area contributed by atoms with E-state index in [9.17, 15) is 13.2 Å². The summed E-state index contributed by atoms with van der Waals surface area (Å²) in [6.45, 7) is 3.17. The number of ether oxygens (including phenoxy) is 1. The molecule has 0 unspecified atom stereocenters. The van der Waals surface area contributed by atoms with E-state index in [-0.39, 0.29) is 5.60 Å². The molecule has 132 valence electrons. The summed E-state index contributed by atoms with van der Waals surface area (Å²) in [5.74, 6) is 1.16. The van der Waals surface area contributed by atoms with Gasteiger partial charge in [0, 0.05) is 41.6 Å². The minimum absolute atomic E-state index is 0.205. The van der Waals surface area contributed by atoms with Gasteiger partial charge in [0.05, 0.1) is 5.69 Å². The second kappa shape index (κ2) is 5.17. The topological polar surface area (TPSA) is 38.2 Å². The zero-order valence-corrected chi connectivity index (χ0v) is 14.2. The Balaban J connectivity index is 1.45. The second-order valence-electron chi connectivity index (χ2n) is 7.12. The van der Waals surface area contributed by atoms with Crippen LogP contribution in [0.1, 0.15) is 23.4 Å². The molecule has 0 saturated carbocycles. The molecule has 2 aromatic rings. The zero-order valence-electron chi connectivity index (χ0n) is 13.3. The predicted molar refractivity (Wildman–Crippen MR) is 86.6 cm³/mol. The van der Waals surface area contributed by atoms with Crippen LogP contribution in [0, 0.1) is 5.92 Å². The molecule has 8 heteroatoms. The minimum Gasteiger partial charge on any atom is -0.469 e. The van der Waals surface area contributed by atoms with Crippen molar-refractivity contribution >= 4 is 11.3 Å². The molecular formula is C17H16F3N3OS. The van der Waals surface area contributed by atoms with E-state index in [0.29, 0.717) is 34.4 Å². The van der Waals surface area contributed by atoms with Crippen LogP contribution in [0.3, 0.4) is 0 Å². The molecule has 3 fully saturated rings. The molecule has 2 aromatic heterocycles. The largest absolute Gasteiger partial charge is 0.469 e. The predicted octanol–water partition coefficient (Wildman–Crippen LogP) is 3.62. The Hall–Kier alpha value is -1.67. The number of fused-ring (bicyclic) bond motifs is 3. The lowest BCUT2D eigenvalue weighted by atomic mass is 9.73. The summed E-state index contributed by atoms with van der Waals surface area (Å²) in [5.41, 5.74) is 1.71. The highest BCUT2D eigenvalue weighted by atomic mass is 32.1. The molecule has 4 nitrogen and oxygen atoms in total. The third-order valence-corrected chi connectivity index (χ3v) is 6.47. The van der Waals surface area contributed by atoms with Gasteiger partial charge in [0.2, 0.25) is 5.88 Å². The van der Waals surface area contributed by atoms with E-state index in [1.807, 2.05) is 6.07 Å². The second-order valence-corrected chi connectivity index (χ2v) is 7.98. The van der Waals surface area contributed by atoms with Gasteiger partial charge in [-0.25, -0.2) is 9.97 Å². The number of pyridine rings is 1. The van der Waals surface area contributed by atoms with Gasteiger partial charge in [0.15, 0.2) is 5.01 Å². The first-order chi connectivity index (χ1) is 11.9. The smallest absolute Gasteiger partial charge is 0.443 e. The van der Waals surface area contributed by atoms with Crippen LogP contribution < -0.4 is 4.74 Å². The van der Waals surface area contributed by atoms with Crippen LogP contribution in [0.25, 0.3) is 11.3 Å². The van der Waals surface area contributed by atoms with Crippen LogP contribution in [-0.4, -0.2) is 40.1 Å². The average molecular weight is 367 g/mol. The van der Waals surface area contributed by atoms with E-state index >= 15 is 0 Å². The van der Waals surface area contributed by atoms with Gasteiger partial charge in [0.1, 0.15) is 5.60 Å². The minimum atomic E-state index is -4.41. The number of hydrogen-bond donors (Lipinski definition) is 0. The summed E-state index contributed by atoms with van der Waals surface area (Å²) in [5, 5.41) is 0.611. The van der Waals surface area contributed by atoms with E-state index in [1.54, 1.807) is 6.20 Å². The number of thiazole rings is 1. The molecule has 0 aromatic carbocycles. The van der Waals surface area contributed by atoms with Crippen LogP contribution in [0.4, 0.5) is 13.2 Å². The van der Waals surface area contributed by atoms with Gasteiger partial charge >= 0.3 is 6.18 Å². The molecule has 0 radical (unpaired) electrons. The Bertz CT molecular complexity index is 829. The van der Waals surface area contributed by atoms with E-state index in [2.05, 4.69) is 14.9 Å². The normalized spacial score (nSPS) is 30.5. The third kappa shape index (κ3) is 2.45. The maximum absolute atomic E-state index is 12.8. The standard InChI is InChI=1S/C17H16F3N3OS/c18-17(19,20)15-22-13(8-25-15)11-5-10-6-16(24-14(10)21-7-11)9-23-3-1-12(16)2-4-23/h5,7-8,12H,1-4,6,9H2/t16-/m0/s1. The maximum atomic E-state index is 12.8. The van der Waals surface area contributed by atoms with Crippen LogP contribution in [0.5, 0.6) is 5.88 Å². The quantitative estimate of drug-likeness (QED) is 0.772. The molecule has 0 N–H and O–H groups in total. The van der Waals surface area contributed by atoms with Gasteiger partial charge in [-0.05, 0) is 32.0 Å². The fourth-order valence-electron chi connectivity index (χ4n) is 4.38. The molecule has 4 aliphatic rings. The van der Waals surface area contributed by atoms with Gasteiger partial charge in [-0.1, -0.05) is 0 Å². The Morgan fingerprint density at radius 2 is 2.08 bits per heavy atom. The van der Waals surface area contributed by atoms with Crippen molar-refractivity contribution in [2.75, 3.05) is 19.6 Å². The molecule has 2 bridgehead atoms. The third-order valence-electron chi connectivity index (χ3n) is 5.58. The number of rotatable bonds is 1. The molecule has 1 atom stereocenters. The number of aromatic nitrogens is 2. The molecule has 0 aliphatic carbocycles. The number of alkyl halides is 3. The summed E-state index contributed by atoms with van der Waals surface area (Å²) in [4.78, 5) is 10.5. The first kappa shape index (κ1) is 15.6. The van der Waals surface area contributed by atoms with E-state index in [0.717, 1.165) is 44.5 Å². The summed E-state index contributed by atoms with van der Waals surface area (Å²) < 4.78 is 44.6. The van der Waals surface area contributed by atoms with Crippen molar-refractivity contribution in [3.05, 3.63) is 28.2 Å². The highest BCUT2D eigenvalue weighted by molar-refractivity contribution is 7.10. The van der Waals surface area contributed by atoms with Crippen LogP contribution in [0.15, 0.2) is 17.6 Å². The van der Waals surface area contributed by atoms with Crippen molar-refractivity contribution in [1.29, 1.82) is 0 Å². The van der Waals surface area contributed by atoms with Gasteiger partial charge in [0.25, 0.3) is 0 Å². The van der Waals surface area contributed by atoms with E-state index < -0.39 is 11.2 Å². The summed E-state index contributed by atoms with van der Waals surface area (Å²) in [7, 11) is 0. The molecule has 6 rings (SSSR count). The Labute approximate surface area is 146 Å². The average Bonchev–Trinajstić information content (AvgIpc) is 3.19. The summed E-state index contributed by atoms with van der Waals surface area (Å²) in [6, 6.07) is 1.89. The molecule has 1 spiro atoms. The molecule has 4 aliphatic heterocycles. The molecule has 0 amide bonds. The van der Waals surface area contributed by atoms with E-state index in [4.69, 9.17) is 4.74 Å². The highest BCUT2D eigenvalue weighted by Gasteiger charge is 2.52. The van der Waals surface area contributed by atoms with Gasteiger partial charge in [-0.15, -0.1) is 11.3 Å². The van der Waals surface area contributed by atoms with Crippen LogP contribution >= 0.6 is 11.3 Å². The SMILES string of the molecule is FC(F)(F)c1nc(-c2cnc3c(c2)C[C@@]2(CN4CCC2CC4)O3)cs1. The molecule has 3 saturated heterocycles. The molecule has 25 heavy (non-hydrogen) atoms. The lowest BCUT2D eigenvalue weighted by molar-refractivity contribution is -0.137. The van der Waals surface area contributed by atoms with Crippen LogP contribution in [0.2, 0.25) is 0 Å². The fraction of sp³-hybridized carbons (Fsp3) is 0.529. The number of hydrogen-bond acceptors (Lipinski definition) is 5. The molecule has 6 heterocycles. The number of halogens is 3. The van der Waals surface area contributed by atoms with Crippen molar-refractivity contribution in [3.63, 3.8) is 0 Å². The zero-order chi connectivity index (χ0) is 17.2. The van der Waals surface area contributed by atoms with Crippen molar-refractivity contribution < 1.29 is 17.9 Å². The Morgan fingerprint density at radius 3 is 2.72 bits per heavy atom. The monoisotopic (exact) mass is 367 g/mol. The van der Waals surface area contributed by atoms with Crippen molar-refractivity contribution in [2.24, 2.45) is 5.92 Å². The molecular weight excluding hydrogens is 351 g/mol. The first-order valence-electron chi connectivity index (χ1n) is 8.36.